The van der Waals surface area contributed by atoms with Crippen molar-refractivity contribution in [3.8, 4) is 0 Å². The fourth-order valence-electron chi connectivity index (χ4n) is 3.54. The summed E-state index contributed by atoms with van der Waals surface area (Å²) in [5, 5.41) is 2.84. The maximum absolute atomic E-state index is 14.1. The first-order valence-electron chi connectivity index (χ1n) is 9.57. The third kappa shape index (κ3) is 4.01. The van der Waals surface area contributed by atoms with Crippen molar-refractivity contribution in [3.05, 3.63) is 65.0 Å². The molecule has 5 nitrogen and oxygen atoms in total. The van der Waals surface area contributed by atoms with Crippen molar-refractivity contribution in [2.75, 3.05) is 25.5 Å². The van der Waals surface area contributed by atoms with E-state index in [1.807, 2.05) is 24.0 Å². The van der Waals surface area contributed by atoms with Gasteiger partial charge in [0.1, 0.15) is 5.82 Å². The summed E-state index contributed by atoms with van der Waals surface area (Å²) in [6, 6.07) is 11.0. The second-order valence-electron chi connectivity index (χ2n) is 7.24. The summed E-state index contributed by atoms with van der Waals surface area (Å²) in [4.78, 5) is 29.0. The van der Waals surface area contributed by atoms with E-state index in [9.17, 15) is 14.0 Å². The first-order valence-corrected chi connectivity index (χ1v) is 9.57. The molecule has 28 heavy (non-hydrogen) atoms. The number of carbonyl (C=O) groups is 2. The van der Waals surface area contributed by atoms with Crippen LogP contribution >= 0.6 is 0 Å². The van der Waals surface area contributed by atoms with E-state index in [0.717, 1.165) is 31.5 Å². The Morgan fingerprint density at radius 2 is 1.79 bits per heavy atom. The molecule has 1 saturated heterocycles. The average Bonchev–Trinajstić information content (AvgIpc) is 3.22. The summed E-state index contributed by atoms with van der Waals surface area (Å²) < 4.78 is 14.1. The van der Waals surface area contributed by atoms with Crippen molar-refractivity contribution in [1.29, 1.82) is 0 Å². The van der Waals surface area contributed by atoms with E-state index in [1.165, 1.54) is 11.0 Å². The van der Waals surface area contributed by atoms with Gasteiger partial charge in [0.05, 0.1) is 17.3 Å². The maximum Gasteiger partial charge on any atom is 0.322 e. The average molecular weight is 383 g/mol. The number of benzene rings is 2. The number of carbonyl (C=O) groups excluding carboxylic acids is 2. The Hall–Kier alpha value is -2.89. The van der Waals surface area contributed by atoms with E-state index in [2.05, 4.69) is 5.32 Å². The molecule has 6 heteroatoms. The zero-order valence-corrected chi connectivity index (χ0v) is 16.5. The van der Waals surface area contributed by atoms with Gasteiger partial charge in [-0.2, -0.15) is 0 Å². The van der Waals surface area contributed by atoms with Gasteiger partial charge in [0, 0.05) is 25.7 Å². The lowest BCUT2D eigenvalue weighted by atomic mass is 10.0. The van der Waals surface area contributed by atoms with Gasteiger partial charge in [-0.05, 0) is 44.4 Å². The molecule has 1 N–H and O–H groups in total. The van der Waals surface area contributed by atoms with Crippen molar-refractivity contribution in [3.63, 3.8) is 0 Å². The van der Waals surface area contributed by atoms with Crippen LogP contribution in [-0.4, -0.2) is 41.9 Å². The predicted molar refractivity (Wildman–Crippen MR) is 108 cm³/mol. The van der Waals surface area contributed by atoms with Crippen molar-refractivity contribution >= 4 is 17.6 Å². The molecular weight excluding hydrogens is 357 g/mol. The highest BCUT2D eigenvalue weighted by Crippen LogP contribution is 2.26. The van der Waals surface area contributed by atoms with Crippen molar-refractivity contribution in [2.24, 2.45) is 0 Å². The highest BCUT2D eigenvalue weighted by Gasteiger charge is 2.26. The van der Waals surface area contributed by atoms with Gasteiger partial charge in [0.25, 0.3) is 5.91 Å². The van der Waals surface area contributed by atoms with Crippen LogP contribution in [0.4, 0.5) is 14.9 Å². The topological polar surface area (TPSA) is 52.7 Å². The van der Waals surface area contributed by atoms with Gasteiger partial charge >= 0.3 is 6.03 Å². The molecule has 3 amide bonds. The summed E-state index contributed by atoms with van der Waals surface area (Å²) in [6.07, 6.45) is 2.00. The number of hydrogen-bond acceptors (Lipinski definition) is 2. The van der Waals surface area contributed by atoms with E-state index < -0.39 is 12.1 Å². The van der Waals surface area contributed by atoms with Gasteiger partial charge in [-0.15, -0.1) is 0 Å². The number of hydrogen-bond donors (Lipinski definition) is 1. The number of rotatable bonds is 4. The monoisotopic (exact) mass is 383 g/mol. The van der Waals surface area contributed by atoms with Gasteiger partial charge in [-0.25, -0.2) is 9.18 Å². The Morgan fingerprint density at radius 3 is 2.46 bits per heavy atom. The lowest BCUT2D eigenvalue weighted by Gasteiger charge is -2.27. The number of urea groups is 1. The number of amides is 3. The highest BCUT2D eigenvalue weighted by atomic mass is 19.1. The molecule has 0 radical (unpaired) electrons. The van der Waals surface area contributed by atoms with E-state index >= 15 is 0 Å². The number of anilines is 1. The van der Waals surface area contributed by atoms with Crippen LogP contribution in [0.5, 0.6) is 0 Å². The van der Waals surface area contributed by atoms with Gasteiger partial charge in [0.2, 0.25) is 0 Å². The second kappa shape index (κ2) is 8.42. The van der Waals surface area contributed by atoms with Crippen LogP contribution in [0.1, 0.15) is 47.3 Å². The number of nitrogens with one attached hydrogen (secondary N) is 1. The number of halogens is 1. The first-order chi connectivity index (χ1) is 13.4. The van der Waals surface area contributed by atoms with Crippen LogP contribution in [0.15, 0.2) is 42.5 Å². The summed E-state index contributed by atoms with van der Waals surface area (Å²) in [7, 11) is 1.62. The quantitative estimate of drug-likeness (QED) is 0.839. The standard InChI is InChI=1S/C22H26FN3O2/c1-15-9-8-12-19(20(15)21(27)26-13-6-7-14-26)24-22(28)25(3)16(2)17-10-4-5-11-18(17)23/h4-5,8-12,16H,6-7,13-14H2,1-3H3,(H,24,28). The smallest absolute Gasteiger partial charge is 0.322 e. The molecule has 1 aliphatic rings. The van der Waals surface area contributed by atoms with Crippen LogP contribution in [0.25, 0.3) is 0 Å². The Balaban J connectivity index is 1.81. The maximum atomic E-state index is 14.1. The lowest BCUT2D eigenvalue weighted by Crippen LogP contribution is -2.35. The normalized spacial score (nSPS) is 14.6. The fourth-order valence-corrected chi connectivity index (χ4v) is 3.54. The molecule has 1 fully saturated rings. The first kappa shape index (κ1) is 19.9. The Morgan fingerprint density at radius 1 is 1.11 bits per heavy atom. The highest BCUT2D eigenvalue weighted by molar-refractivity contribution is 6.04. The van der Waals surface area contributed by atoms with Crippen molar-refractivity contribution in [1.82, 2.24) is 9.80 Å². The Kier molecular flexibility index (Phi) is 5.97. The van der Waals surface area contributed by atoms with E-state index in [0.29, 0.717) is 16.8 Å². The molecule has 0 bridgehead atoms. The third-order valence-corrected chi connectivity index (χ3v) is 5.38. The molecule has 2 aromatic carbocycles. The van der Waals surface area contributed by atoms with Gasteiger partial charge in [-0.3, -0.25) is 4.79 Å². The molecule has 1 unspecified atom stereocenters. The number of aryl methyl sites for hydroxylation is 1. The molecular formula is C22H26FN3O2. The Bertz CT molecular complexity index is 878. The van der Waals surface area contributed by atoms with Crippen molar-refractivity contribution in [2.45, 2.75) is 32.7 Å². The molecule has 1 heterocycles. The third-order valence-electron chi connectivity index (χ3n) is 5.38. The SMILES string of the molecule is Cc1cccc(NC(=O)N(C)C(C)c2ccccc2F)c1C(=O)N1CCCC1. The fraction of sp³-hybridized carbons (Fsp3) is 0.364. The minimum Gasteiger partial charge on any atom is -0.339 e. The molecule has 0 spiro atoms. The van der Waals surface area contributed by atoms with Crippen LogP contribution in [0, 0.1) is 12.7 Å². The van der Waals surface area contributed by atoms with Crippen molar-refractivity contribution < 1.29 is 14.0 Å². The molecule has 0 aliphatic carbocycles. The van der Waals surface area contributed by atoms with Crippen LogP contribution in [0.2, 0.25) is 0 Å². The minimum absolute atomic E-state index is 0.0595. The summed E-state index contributed by atoms with van der Waals surface area (Å²) in [5.74, 6) is -0.411. The molecule has 2 aromatic rings. The molecule has 148 valence electrons. The summed E-state index contributed by atoms with van der Waals surface area (Å²) >= 11 is 0. The van der Waals surface area contributed by atoms with E-state index in [1.54, 1.807) is 38.2 Å². The van der Waals surface area contributed by atoms with Gasteiger partial charge < -0.3 is 15.1 Å². The van der Waals surface area contributed by atoms with Gasteiger partial charge in [0.15, 0.2) is 0 Å². The van der Waals surface area contributed by atoms with Crippen LogP contribution in [0.3, 0.4) is 0 Å². The largest absolute Gasteiger partial charge is 0.339 e. The summed E-state index contributed by atoms with van der Waals surface area (Å²) in [5.41, 5.74) is 2.26. The molecule has 0 saturated carbocycles. The van der Waals surface area contributed by atoms with Crippen LogP contribution < -0.4 is 5.32 Å². The zero-order chi connectivity index (χ0) is 20.3. The minimum atomic E-state index is -0.455. The predicted octanol–water partition coefficient (Wildman–Crippen LogP) is 4.60. The lowest BCUT2D eigenvalue weighted by molar-refractivity contribution is 0.0793. The van der Waals surface area contributed by atoms with E-state index in [4.69, 9.17) is 0 Å². The molecule has 1 aliphatic heterocycles. The van der Waals surface area contributed by atoms with Crippen LogP contribution in [-0.2, 0) is 0 Å². The zero-order valence-electron chi connectivity index (χ0n) is 16.5. The van der Waals surface area contributed by atoms with E-state index in [-0.39, 0.29) is 11.7 Å². The number of likely N-dealkylation sites (tertiary alicyclic amines) is 1. The molecule has 1 atom stereocenters. The summed E-state index contributed by atoms with van der Waals surface area (Å²) in [6.45, 7) is 5.12. The number of nitrogens with zero attached hydrogens (tertiary/aromatic N) is 2. The molecule has 3 rings (SSSR count). The molecule has 0 aromatic heterocycles. The van der Waals surface area contributed by atoms with Gasteiger partial charge in [-0.1, -0.05) is 30.3 Å². The second-order valence-corrected chi connectivity index (χ2v) is 7.24. The Labute approximate surface area is 165 Å².